The highest BCUT2D eigenvalue weighted by Crippen LogP contribution is 2.21. The molecule has 2 rings (SSSR count). The van der Waals surface area contributed by atoms with E-state index >= 15 is 0 Å². The number of carbonyl (C=O) groups is 1. The number of hydrogen-bond donors (Lipinski definition) is 1. The predicted octanol–water partition coefficient (Wildman–Crippen LogP) is 1.27. The Morgan fingerprint density at radius 2 is 2.25 bits per heavy atom. The van der Waals surface area contributed by atoms with Crippen LogP contribution in [-0.4, -0.2) is 38.5 Å². The molecule has 8 heteroatoms. The van der Waals surface area contributed by atoms with Gasteiger partial charge in [-0.25, -0.2) is 12.8 Å². The first-order valence-electron chi connectivity index (χ1n) is 5.93. The van der Waals surface area contributed by atoms with Crippen LogP contribution in [0.15, 0.2) is 22.7 Å². The molecule has 20 heavy (non-hydrogen) atoms. The lowest BCUT2D eigenvalue weighted by Crippen LogP contribution is -2.38. The van der Waals surface area contributed by atoms with Gasteiger partial charge in [-0.15, -0.1) is 0 Å². The summed E-state index contributed by atoms with van der Waals surface area (Å²) in [6.07, 6.45) is 0.403. The minimum absolute atomic E-state index is 0.0256. The highest BCUT2D eigenvalue weighted by atomic mass is 79.9. The van der Waals surface area contributed by atoms with Crippen molar-refractivity contribution in [3.05, 3.63) is 28.5 Å². The standard InChI is InChI=1S/C12H13BrFNO4S/c13-8-1-2-11(10(14)5-8)19-6-12(16)15-9-3-4-20(17,18)7-9/h1-2,5,9H,3-4,6-7H2,(H,15,16)/t9-/m1/s1. The lowest BCUT2D eigenvalue weighted by Gasteiger charge is -2.12. The highest BCUT2D eigenvalue weighted by molar-refractivity contribution is 9.10. The van der Waals surface area contributed by atoms with Gasteiger partial charge in [-0.2, -0.15) is 0 Å². The van der Waals surface area contributed by atoms with Gasteiger partial charge in [0.2, 0.25) is 0 Å². The summed E-state index contributed by atoms with van der Waals surface area (Å²) in [5, 5.41) is 2.56. The summed E-state index contributed by atoms with van der Waals surface area (Å²) in [5.41, 5.74) is 0. The molecule has 1 aliphatic heterocycles. The van der Waals surface area contributed by atoms with E-state index in [1.807, 2.05) is 0 Å². The number of hydrogen-bond acceptors (Lipinski definition) is 4. The van der Waals surface area contributed by atoms with Gasteiger partial charge >= 0.3 is 0 Å². The zero-order chi connectivity index (χ0) is 14.8. The van der Waals surface area contributed by atoms with Crippen molar-refractivity contribution in [2.45, 2.75) is 12.5 Å². The fourth-order valence-corrected chi connectivity index (χ4v) is 3.92. The van der Waals surface area contributed by atoms with E-state index in [9.17, 15) is 17.6 Å². The summed E-state index contributed by atoms with van der Waals surface area (Å²) in [7, 11) is -3.04. The Balaban J connectivity index is 1.84. The monoisotopic (exact) mass is 365 g/mol. The van der Waals surface area contributed by atoms with E-state index in [0.29, 0.717) is 10.9 Å². The summed E-state index contributed by atoms with van der Waals surface area (Å²) < 4.78 is 41.6. The van der Waals surface area contributed by atoms with Gasteiger partial charge in [-0.3, -0.25) is 4.79 Å². The summed E-state index contributed by atoms with van der Waals surface area (Å²) in [6.45, 7) is -0.352. The Labute approximate surface area is 124 Å². The third-order valence-electron chi connectivity index (χ3n) is 2.85. The fourth-order valence-electron chi connectivity index (χ4n) is 1.91. The maximum absolute atomic E-state index is 13.4. The second-order valence-corrected chi connectivity index (χ2v) is 7.68. The molecule has 0 radical (unpaired) electrons. The third kappa shape index (κ3) is 4.17. The molecule has 1 aromatic carbocycles. The molecule has 1 fully saturated rings. The van der Waals surface area contributed by atoms with Crippen LogP contribution in [-0.2, 0) is 14.6 Å². The van der Waals surface area contributed by atoms with Crippen LogP contribution >= 0.6 is 15.9 Å². The molecule has 0 bridgehead atoms. The molecule has 0 aromatic heterocycles. The Morgan fingerprint density at radius 1 is 1.50 bits per heavy atom. The lowest BCUT2D eigenvalue weighted by molar-refractivity contribution is -0.123. The van der Waals surface area contributed by atoms with E-state index in [1.165, 1.54) is 12.1 Å². The van der Waals surface area contributed by atoms with Crippen molar-refractivity contribution < 1.29 is 22.3 Å². The Hall–Kier alpha value is -1.15. The van der Waals surface area contributed by atoms with Gasteiger partial charge < -0.3 is 10.1 Å². The molecular weight excluding hydrogens is 353 g/mol. The van der Waals surface area contributed by atoms with Crippen LogP contribution < -0.4 is 10.1 Å². The number of amides is 1. The van der Waals surface area contributed by atoms with E-state index in [2.05, 4.69) is 21.2 Å². The van der Waals surface area contributed by atoms with Gasteiger partial charge in [0.15, 0.2) is 28.0 Å². The van der Waals surface area contributed by atoms with Crippen LogP contribution in [0.2, 0.25) is 0 Å². The summed E-state index contributed by atoms with van der Waals surface area (Å²) in [4.78, 5) is 11.6. The van der Waals surface area contributed by atoms with E-state index in [1.54, 1.807) is 6.07 Å². The molecule has 1 amide bonds. The first-order valence-corrected chi connectivity index (χ1v) is 8.55. The molecule has 1 heterocycles. The molecule has 5 nitrogen and oxygen atoms in total. The lowest BCUT2D eigenvalue weighted by atomic mass is 10.2. The molecule has 1 atom stereocenters. The Morgan fingerprint density at radius 3 is 2.85 bits per heavy atom. The molecule has 0 unspecified atom stereocenters. The normalized spacial score (nSPS) is 20.6. The molecule has 1 N–H and O–H groups in total. The molecule has 1 aromatic rings. The quantitative estimate of drug-likeness (QED) is 0.871. The van der Waals surface area contributed by atoms with Gasteiger partial charge in [0, 0.05) is 10.5 Å². The zero-order valence-corrected chi connectivity index (χ0v) is 12.8. The maximum atomic E-state index is 13.4. The topological polar surface area (TPSA) is 72.5 Å². The predicted molar refractivity (Wildman–Crippen MR) is 74.8 cm³/mol. The van der Waals surface area contributed by atoms with Crippen molar-refractivity contribution >= 4 is 31.7 Å². The molecule has 110 valence electrons. The smallest absolute Gasteiger partial charge is 0.258 e. The summed E-state index contributed by atoms with van der Waals surface area (Å²) in [6, 6.07) is 3.86. The third-order valence-corrected chi connectivity index (χ3v) is 5.11. The van der Waals surface area contributed by atoms with Crippen LogP contribution in [0.25, 0.3) is 0 Å². The van der Waals surface area contributed by atoms with Crippen LogP contribution in [0, 0.1) is 5.82 Å². The first kappa shape index (κ1) is 15.2. The van der Waals surface area contributed by atoms with Crippen molar-refractivity contribution in [1.82, 2.24) is 5.32 Å². The van der Waals surface area contributed by atoms with E-state index in [0.717, 1.165) is 0 Å². The molecule has 0 spiro atoms. The molecule has 1 saturated heterocycles. The van der Waals surface area contributed by atoms with Crippen molar-refractivity contribution in [3.8, 4) is 5.75 Å². The average Bonchev–Trinajstić information content (AvgIpc) is 2.67. The number of sulfone groups is 1. The summed E-state index contributed by atoms with van der Waals surface area (Å²) in [5.74, 6) is -1.03. The number of nitrogens with one attached hydrogen (secondary N) is 1. The van der Waals surface area contributed by atoms with E-state index in [4.69, 9.17) is 4.74 Å². The maximum Gasteiger partial charge on any atom is 0.258 e. The van der Waals surface area contributed by atoms with Crippen LogP contribution in [0.3, 0.4) is 0 Å². The van der Waals surface area contributed by atoms with Crippen molar-refractivity contribution in [1.29, 1.82) is 0 Å². The SMILES string of the molecule is O=C(COc1ccc(Br)cc1F)N[C@@H]1CCS(=O)(=O)C1. The summed E-state index contributed by atoms with van der Waals surface area (Å²) >= 11 is 3.11. The Kier molecular flexibility index (Phi) is 4.64. The molecule has 0 aliphatic carbocycles. The van der Waals surface area contributed by atoms with Crippen molar-refractivity contribution in [2.24, 2.45) is 0 Å². The Bertz CT molecular complexity index is 620. The van der Waals surface area contributed by atoms with Gasteiger partial charge in [0.05, 0.1) is 11.5 Å². The minimum atomic E-state index is -3.04. The van der Waals surface area contributed by atoms with Crippen LogP contribution in [0.1, 0.15) is 6.42 Å². The van der Waals surface area contributed by atoms with E-state index < -0.39 is 21.6 Å². The fraction of sp³-hybridized carbons (Fsp3) is 0.417. The number of carbonyl (C=O) groups excluding carboxylic acids is 1. The van der Waals surface area contributed by atoms with Gasteiger partial charge in [-0.05, 0) is 24.6 Å². The first-order chi connectivity index (χ1) is 9.35. The van der Waals surface area contributed by atoms with Crippen molar-refractivity contribution in [3.63, 3.8) is 0 Å². The number of ether oxygens (including phenoxy) is 1. The van der Waals surface area contributed by atoms with Crippen molar-refractivity contribution in [2.75, 3.05) is 18.1 Å². The minimum Gasteiger partial charge on any atom is -0.481 e. The second-order valence-electron chi connectivity index (χ2n) is 4.53. The largest absolute Gasteiger partial charge is 0.481 e. The van der Waals surface area contributed by atoms with Gasteiger partial charge in [-0.1, -0.05) is 15.9 Å². The molecule has 0 saturated carbocycles. The number of halogens is 2. The zero-order valence-electron chi connectivity index (χ0n) is 10.4. The van der Waals surface area contributed by atoms with E-state index in [-0.39, 0.29) is 29.9 Å². The molecular formula is C12H13BrFNO4S. The van der Waals surface area contributed by atoms with Gasteiger partial charge in [0.25, 0.3) is 5.91 Å². The average molecular weight is 366 g/mol. The molecule has 1 aliphatic rings. The number of rotatable bonds is 4. The van der Waals surface area contributed by atoms with Gasteiger partial charge in [0.1, 0.15) is 0 Å². The second kappa shape index (κ2) is 6.09. The number of benzene rings is 1. The highest BCUT2D eigenvalue weighted by Gasteiger charge is 2.28. The van der Waals surface area contributed by atoms with Crippen LogP contribution in [0.4, 0.5) is 4.39 Å². The van der Waals surface area contributed by atoms with Crippen LogP contribution in [0.5, 0.6) is 5.75 Å².